The van der Waals surface area contributed by atoms with Gasteiger partial charge in [0, 0.05) is 13.0 Å². The normalized spacial score (nSPS) is 18.3. The summed E-state index contributed by atoms with van der Waals surface area (Å²) in [7, 11) is 1.42. The molecule has 0 saturated carbocycles. The van der Waals surface area contributed by atoms with Crippen LogP contribution in [0.1, 0.15) is 16.8 Å². The van der Waals surface area contributed by atoms with E-state index in [0.29, 0.717) is 24.5 Å². The summed E-state index contributed by atoms with van der Waals surface area (Å²) in [6, 6.07) is 4.27. The molecule has 1 heterocycles. The molecular formula is C12H13NO5. The third-order valence-corrected chi connectivity index (χ3v) is 2.68. The Morgan fingerprint density at radius 2 is 2.22 bits per heavy atom. The van der Waals surface area contributed by atoms with E-state index in [9.17, 15) is 9.59 Å². The van der Waals surface area contributed by atoms with Crippen LogP contribution < -0.4 is 14.8 Å². The number of amides is 1. The van der Waals surface area contributed by atoms with Gasteiger partial charge in [0.25, 0.3) is 5.91 Å². The number of hydrogen-bond acceptors (Lipinski definition) is 4. The Bertz CT molecular complexity index is 485. The Kier molecular flexibility index (Phi) is 3.36. The molecule has 6 nitrogen and oxygen atoms in total. The number of carbonyl (C=O) groups is 2. The fourth-order valence-electron chi connectivity index (χ4n) is 1.74. The molecule has 0 unspecified atom stereocenters. The average molecular weight is 251 g/mol. The molecule has 1 saturated heterocycles. The van der Waals surface area contributed by atoms with Crippen LogP contribution in [0.4, 0.5) is 0 Å². The molecule has 18 heavy (non-hydrogen) atoms. The van der Waals surface area contributed by atoms with Gasteiger partial charge in [0.15, 0.2) is 17.6 Å². The molecule has 1 aromatic rings. The predicted octanol–water partition coefficient (Wildman–Crippen LogP) is 0.661. The maximum Gasteiger partial charge on any atom is 0.335 e. The Morgan fingerprint density at radius 3 is 2.78 bits per heavy atom. The van der Waals surface area contributed by atoms with Crippen molar-refractivity contribution in [3.05, 3.63) is 23.8 Å². The average Bonchev–Trinajstić information content (AvgIpc) is 2.75. The maximum absolute atomic E-state index is 11.4. The van der Waals surface area contributed by atoms with Gasteiger partial charge in [0.1, 0.15) is 0 Å². The molecule has 1 aliphatic heterocycles. The number of ether oxygens (including phenoxy) is 2. The van der Waals surface area contributed by atoms with Crippen molar-refractivity contribution in [2.45, 2.75) is 12.5 Å². The predicted molar refractivity (Wildman–Crippen MR) is 62.0 cm³/mol. The van der Waals surface area contributed by atoms with Crippen molar-refractivity contribution in [1.29, 1.82) is 0 Å². The molecule has 1 aromatic carbocycles. The first-order valence-corrected chi connectivity index (χ1v) is 5.47. The van der Waals surface area contributed by atoms with Crippen molar-refractivity contribution < 1.29 is 24.2 Å². The second-order valence-corrected chi connectivity index (χ2v) is 3.86. The number of aromatic carboxylic acids is 1. The third-order valence-electron chi connectivity index (χ3n) is 2.68. The summed E-state index contributed by atoms with van der Waals surface area (Å²) >= 11 is 0. The lowest BCUT2D eigenvalue weighted by atomic mass is 10.2. The fraction of sp³-hybridized carbons (Fsp3) is 0.333. The lowest BCUT2D eigenvalue weighted by Gasteiger charge is -2.14. The SMILES string of the molecule is COc1cc(C(=O)O)ccc1O[C@@H]1CCNC1=O. The van der Waals surface area contributed by atoms with Crippen molar-refractivity contribution in [2.75, 3.05) is 13.7 Å². The molecule has 0 bridgehead atoms. The van der Waals surface area contributed by atoms with Gasteiger partial charge in [-0.25, -0.2) is 4.79 Å². The smallest absolute Gasteiger partial charge is 0.335 e. The van der Waals surface area contributed by atoms with Gasteiger partial charge in [-0.1, -0.05) is 0 Å². The summed E-state index contributed by atoms with van der Waals surface area (Å²) in [5.41, 5.74) is 0.107. The van der Waals surface area contributed by atoms with Crippen LogP contribution in [0.25, 0.3) is 0 Å². The van der Waals surface area contributed by atoms with Crippen LogP contribution in [0, 0.1) is 0 Å². The number of carbonyl (C=O) groups excluding carboxylic acids is 1. The zero-order chi connectivity index (χ0) is 13.1. The lowest BCUT2D eigenvalue weighted by molar-refractivity contribution is -0.124. The van der Waals surface area contributed by atoms with E-state index in [1.54, 1.807) is 0 Å². The summed E-state index contributed by atoms with van der Waals surface area (Å²) in [5.74, 6) is -0.544. The van der Waals surface area contributed by atoms with Crippen LogP contribution in [-0.4, -0.2) is 36.7 Å². The van der Waals surface area contributed by atoms with Crippen LogP contribution in [0.15, 0.2) is 18.2 Å². The number of nitrogens with one attached hydrogen (secondary N) is 1. The maximum atomic E-state index is 11.4. The zero-order valence-corrected chi connectivity index (χ0v) is 9.80. The minimum Gasteiger partial charge on any atom is -0.493 e. The molecule has 1 aliphatic rings. The van der Waals surface area contributed by atoms with E-state index in [4.69, 9.17) is 14.6 Å². The van der Waals surface area contributed by atoms with Crippen molar-refractivity contribution in [1.82, 2.24) is 5.32 Å². The molecule has 0 aliphatic carbocycles. The first kappa shape index (κ1) is 12.2. The Morgan fingerprint density at radius 1 is 1.44 bits per heavy atom. The van der Waals surface area contributed by atoms with E-state index in [0.717, 1.165) is 0 Å². The first-order valence-electron chi connectivity index (χ1n) is 5.47. The van der Waals surface area contributed by atoms with Gasteiger partial charge in [-0.15, -0.1) is 0 Å². The number of benzene rings is 1. The van der Waals surface area contributed by atoms with Crippen LogP contribution in [0.2, 0.25) is 0 Å². The van der Waals surface area contributed by atoms with Crippen molar-refractivity contribution >= 4 is 11.9 Å². The summed E-state index contributed by atoms with van der Waals surface area (Å²) in [5, 5.41) is 11.5. The minimum absolute atomic E-state index is 0.107. The molecule has 1 fully saturated rings. The highest BCUT2D eigenvalue weighted by molar-refractivity contribution is 5.88. The van der Waals surface area contributed by atoms with Gasteiger partial charge >= 0.3 is 5.97 Å². The largest absolute Gasteiger partial charge is 0.493 e. The highest BCUT2D eigenvalue weighted by Gasteiger charge is 2.27. The molecule has 1 amide bonds. The van der Waals surface area contributed by atoms with Gasteiger partial charge in [0.2, 0.25) is 0 Å². The van der Waals surface area contributed by atoms with E-state index in [1.165, 1.54) is 25.3 Å². The number of hydrogen-bond donors (Lipinski definition) is 2. The molecule has 0 aromatic heterocycles. The van der Waals surface area contributed by atoms with Gasteiger partial charge in [-0.2, -0.15) is 0 Å². The van der Waals surface area contributed by atoms with Gasteiger partial charge < -0.3 is 19.9 Å². The minimum atomic E-state index is -1.04. The molecular weight excluding hydrogens is 238 g/mol. The summed E-state index contributed by atoms with van der Waals surface area (Å²) in [6.07, 6.45) is 0.0393. The lowest BCUT2D eigenvalue weighted by Crippen LogP contribution is -2.27. The number of rotatable bonds is 4. The Labute approximate surface area is 104 Å². The molecule has 0 spiro atoms. The van der Waals surface area contributed by atoms with Crippen molar-refractivity contribution in [3.63, 3.8) is 0 Å². The van der Waals surface area contributed by atoms with E-state index in [1.807, 2.05) is 0 Å². The van der Waals surface area contributed by atoms with E-state index in [-0.39, 0.29) is 11.5 Å². The van der Waals surface area contributed by atoms with Crippen LogP contribution >= 0.6 is 0 Å². The third kappa shape index (κ3) is 2.37. The second kappa shape index (κ2) is 4.95. The quantitative estimate of drug-likeness (QED) is 0.821. The molecule has 2 N–H and O–H groups in total. The van der Waals surface area contributed by atoms with Crippen LogP contribution in [-0.2, 0) is 4.79 Å². The van der Waals surface area contributed by atoms with Crippen LogP contribution in [0.5, 0.6) is 11.5 Å². The zero-order valence-electron chi connectivity index (χ0n) is 9.80. The standard InChI is InChI=1S/C12H13NO5/c1-17-10-6-7(12(15)16)2-3-8(10)18-9-4-5-13-11(9)14/h2-3,6,9H,4-5H2,1H3,(H,13,14)(H,15,16)/t9-/m1/s1. The summed E-state index contributed by atoms with van der Waals surface area (Å²) in [6.45, 7) is 0.582. The van der Waals surface area contributed by atoms with Crippen molar-refractivity contribution in [3.8, 4) is 11.5 Å². The molecule has 0 radical (unpaired) electrons. The number of carboxylic acids is 1. The Balaban J connectivity index is 2.22. The summed E-state index contributed by atoms with van der Waals surface area (Å²) in [4.78, 5) is 22.2. The fourth-order valence-corrected chi connectivity index (χ4v) is 1.74. The second-order valence-electron chi connectivity index (χ2n) is 3.86. The highest BCUT2D eigenvalue weighted by atomic mass is 16.5. The topological polar surface area (TPSA) is 84.9 Å². The molecule has 96 valence electrons. The van der Waals surface area contributed by atoms with Crippen molar-refractivity contribution in [2.24, 2.45) is 0 Å². The number of carboxylic acid groups (broad SMARTS) is 1. The van der Waals surface area contributed by atoms with Gasteiger partial charge in [0.05, 0.1) is 12.7 Å². The molecule has 2 rings (SSSR count). The number of methoxy groups -OCH3 is 1. The van der Waals surface area contributed by atoms with E-state index < -0.39 is 12.1 Å². The van der Waals surface area contributed by atoms with E-state index in [2.05, 4.69) is 5.32 Å². The van der Waals surface area contributed by atoms with E-state index >= 15 is 0 Å². The first-order chi connectivity index (χ1) is 8.61. The summed E-state index contributed by atoms with van der Waals surface area (Å²) < 4.78 is 10.6. The monoisotopic (exact) mass is 251 g/mol. The molecule has 1 atom stereocenters. The van der Waals surface area contributed by atoms with Gasteiger partial charge in [-0.05, 0) is 18.2 Å². The van der Waals surface area contributed by atoms with Gasteiger partial charge in [-0.3, -0.25) is 4.79 Å². The van der Waals surface area contributed by atoms with Crippen LogP contribution in [0.3, 0.4) is 0 Å². The molecule has 6 heteroatoms. The Hall–Kier alpha value is -2.24. The highest BCUT2D eigenvalue weighted by Crippen LogP contribution is 2.29.